The van der Waals surface area contributed by atoms with Crippen molar-refractivity contribution in [1.29, 1.82) is 0 Å². The lowest BCUT2D eigenvalue weighted by atomic mass is 10.1. The van der Waals surface area contributed by atoms with Crippen LogP contribution < -0.4 is 0 Å². The highest BCUT2D eigenvalue weighted by atomic mass is 32.2. The molecular weight excluding hydrogens is 916 g/mol. The van der Waals surface area contributed by atoms with Gasteiger partial charge in [-0.25, -0.2) is 8.42 Å². The van der Waals surface area contributed by atoms with Crippen LogP contribution in [0.15, 0.2) is 0 Å². The maximum atomic E-state index is 11.2. The largest absolute Gasteiger partial charge is 0.381 e. The Morgan fingerprint density at radius 2 is 0.812 bits per heavy atom. The number of rotatable bonds is 0. The first-order chi connectivity index (χ1) is 29.5. The van der Waals surface area contributed by atoms with Gasteiger partial charge < -0.3 is 9.64 Å². The third-order valence-electron chi connectivity index (χ3n) is 18.1. The van der Waals surface area contributed by atoms with Gasteiger partial charge in [0.25, 0.3) is 0 Å². The summed E-state index contributed by atoms with van der Waals surface area (Å²) in [5, 5.41) is 10.1. The molecule has 382 valence electrons. The van der Waals surface area contributed by atoms with E-state index in [1.54, 1.807) is 52.5 Å². The molecule has 0 aromatic rings. The fraction of sp³-hybridized carbons (Fsp3) is 0.887. The normalized spacial score (nSPS) is 30.5. The van der Waals surface area contributed by atoms with Crippen LogP contribution in [0.2, 0.25) is 0 Å². The molecule has 0 aromatic heterocycles. The van der Waals surface area contributed by atoms with E-state index in [9.17, 15) is 8.42 Å². The Morgan fingerprint density at radius 3 is 1.12 bits per heavy atom. The van der Waals surface area contributed by atoms with Gasteiger partial charge in [0.05, 0.1) is 24.7 Å². The summed E-state index contributed by atoms with van der Waals surface area (Å²) in [5.74, 6) is 3.00. The van der Waals surface area contributed by atoms with Crippen LogP contribution in [0.25, 0.3) is 0 Å². The zero-order valence-corrected chi connectivity index (χ0v) is 52.5. The van der Waals surface area contributed by atoms with Gasteiger partial charge in [0, 0.05) is 13.1 Å². The predicted molar refractivity (Wildman–Crippen MR) is 324 cm³/mol. The van der Waals surface area contributed by atoms with E-state index in [-0.39, 0.29) is 0 Å². The molecule has 7 saturated heterocycles. The molecule has 64 heavy (non-hydrogen) atoms. The second kappa shape index (κ2) is 27.5. The summed E-state index contributed by atoms with van der Waals surface area (Å²) in [6.07, 6.45) is 28.9. The minimum atomic E-state index is -2.67. The first kappa shape index (κ1) is 61.8. The van der Waals surface area contributed by atoms with Crippen LogP contribution in [0.3, 0.4) is 0 Å². The molecular formula is C53H111NO3P6S. The van der Waals surface area contributed by atoms with Crippen molar-refractivity contribution < 1.29 is 13.2 Å². The van der Waals surface area contributed by atoms with Crippen LogP contribution >= 0.6 is 41.3 Å². The molecule has 0 amide bonds. The minimum absolute atomic E-state index is 0.409. The van der Waals surface area contributed by atoms with E-state index < -0.39 is 51.2 Å². The molecule has 0 N–H and O–H groups in total. The maximum absolute atomic E-state index is 11.2. The van der Waals surface area contributed by atoms with Gasteiger partial charge in [-0.05, 0) is 254 Å². The highest BCUT2D eigenvalue weighted by Gasteiger charge is 2.37. The van der Waals surface area contributed by atoms with Crippen LogP contribution in [0.1, 0.15) is 135 Å². The molecule has 0 radical (unpaired) electrons. The molecule has 7 aliphatic rings. The van der Waals surface area contributed by atoms with E-state index in [0.717, 1.165) is 37.4 Å². The maximum Gasteiger partial charge on any atom is 0.151 e. The van der Waals surface area contributed by atoms with Gasteiger partial charge in [-0.2, -0.15) is 0 Å². The van der Waals surface area contributed by atoms with Crippen molar-refractivity contribution in [2.45, 2.75) is 135 Å². The zero-order chi connectivity index (χ0) is 48.8. The molecule has 7 fully saturated rings. The van der Waals surface area contributed by atoms with E-state index in [1.165, 1.54) is 99.8 Å². The smallest absolute Gasteiger partial charge is 0.151 e. The van der Waals surface area contributed by atoms with E-state index >= 15 is 0 Å². The Hall–Kier alpha value is 1.67. The van der Waals surface area contributed by atoms with Crippen molar-refractivity contribution >= 4 is 82.9 Å². The number of sulfone groups is 1. The van der Waals surface area contributed by atoms with Gasteiger partial charge in [0.15, 0.2) is 9.84 Å². The highest BCUT2D eigenvalue weighted by Crippen LogP contribution is 2.63. The molecule has 0 aliphatic carbocycles. The van der Waals surface area contributed by atoms with Crippen molar-refractivity contribution in [1.82, 2.24) is 4.90 Å². The lowest BCUT2D eigenvalue weighted by Gasteiger charge is -2.33. The van der Waals surface area contributed by atoms with Crippen LogP contribution in [0, 0.1) is 11.8 Å². The molecule has 0 atom stereocenters. The van der Waals surface area contributed by atoms with E-state index in [1.807, 2.05) is 5.29 Å². The molecule has 0 spiro atoms. The van der Waals surface area contributed by atoms with Crippen molar-refractivity contribution in [3.63, 3.8) is 0 Å². The standard InChI is InChI=1S/C10H21P.C9H20NP.C9H17P.C9H19P.C8H17O2PS.C8H17OP/c2*1-9(2)11(4)7-5-10(3)6-8-11;1-8(2)10-5-3-9(7-10)4-6-10;1-9(2)10(3)7-5-4-6-8-10;1-8(2)11(3)4-6-12(9,10)7-5-11;1-8(2)10(3)6-4-9-5-7-10/h10H,5-8H2,1-4H3;5-8H2,1-4H3;9H,3-7H2,1-2H3;4-8H2,1-3H3;4-7H2,1-3H3;4-7H2,1-3H3. The highest BCUT2D eigenvalue weighted by molar-refractivity contribution is 7.94. The number of ether oxygens (including phenoxy) is 1. The van der Waals surface area contributed by atoms with Gasteiger partial charge in [0.1, 0.15) is 0 Å². The number of fused-ring (bicyclic) bond motifs is 2. The second-order valence-corrected chi connectivity index (χ2v) is 53.6. The third kappa shape index (κ3) is 19.7. The molecule has 0 unspecified atom stereocenters. The molecule has 0 aromatic carbocycles. The van der Waals surface area contributed by atoms with Crippen LogP contribution in [-0.4, -0.2) is 203 Å². The Bertz CT molecular complexity index is 1810. The Balaban J connectivity index is 0.000000264. The average Bonchev–Trinajstić information content (AvgIpc) is 3.87. The summed E-state index contributed by atoms with van der Waals surface area (Å²) in [6, 6.07) is 0. The molecule has 7 heterocycles. The number of hydrogen-bond acceptors (Lipinski definition) is 4. The summed E-state index contributed by atoms with van der Waals surface area (Å²) < 4.78 is 27.7. The predicted octanol–water partition coefficient (Wildman–Crippen LogP) is 13.9. The van der Waals surface area contributed by atoms with Crippen LogP contribution in [0.5, 0.6) is 0 Å². The summed E-state index contributed by atoms with van der Waals surface area (Å²) in [5.41, 5.74) is 0. The fourth-order valence-corrected chi connectivity index (χ4v) is 32.6. The van der Waals surface area contributed by atoms with Gasteiger partial charge in [-0.1, -0.05) is 45.1 Å². The molecule has 4 nitrogen and oxygen atoms in total. The van der Waals surface area contributed by atoms with Gasteiger partial charge >= 0.3 is 0 Å². The van der Waals surface area contributed by atoms with Crippen molar-refractivity contribution in [3.8, 4) is 0 Å². The lowest BCUT2D eigenvalue weighted by Crippen LogP contribution is -2.32. The monoisotopic (exact) mass is 1030 g/mol. The SMILES string of the molecule is CC(C)=P1(C)CCC(C)CC1.CC(C)=P1(C)CCCCC1.CC(C)=P1(C)CCN(C)CC1.CC(C)=P1(C)CCOCC1.CC(C)=P1(C)CCS(=O)(=O)CC1.CC(C)=P12CCC(CC1)C2. The molecule has 2 bridgehead atoms. The van der Waals surface area contributed by atoms with E-state index in [2.05, 4.69) is 135 Å². The van der Waals surface area contributed by atoms with Crippen LogP contribution in [0.4, 0.5) is 0 Å². The zero-order valence-electron chi connectivity index (χ0n) is 46.3. The first-order valence-electron chi connectivity index (χ1n) is 25.9. The quantitative estimate of drug-likeness (QED) is 0.227. The Kier molecular flexibility index (Phi) is 26.5. The molecule has 0 saturated carbocycles. The second-order valence-electron chi connectivity index (χ2n) is 23.9. The molecule has 7 rings (SSSR count). The molecule has 7 aliphatic heterocycles. The lowest BCUT2D eigenvalue weighted by molar-refractivity contribution is 0.158. The van der Waals surface area contributed by atoms with Crippen molar-refractivity contribution in [2.75, 3.05) is 158 Å². The van der Waals surface area contributed by atoms with Gasteiger partial charge in [-0.15, -0.1) is 41.3 Å². The summed E-state index contributed by atoms with van der Waals surface area (Å²) in [7, 11) is -0.442. The van der Waals surface area contributed by atoms with Gasteiger partial charge in [-0.3, -0.25) is 0 Å². The summed E-state index contributed by atoms with van der Waals surface area (Å²) in [4.78, 5) is 2.45. The Labute approximate surface area is 403 Å². The number of nitrogens with zero attached hydrogens (tertiary/aromatic N) is 1. The number of hydrogen-bond donors (Lipinski definition) is 0. The third-order valence-corrected chi connectivity index (χ3v) is 48.7. The minimum Gasteiger partial charge on any atom is -0.381 e. The fourth-order valence-electron chi connectivity index (χ4n) is 9.97. The van der Waals surface area contributed by atoms with Gasteiger partial charge in [0.2, 0.25) is 0 Å². The van der Waals surface area contributed by atoms with E-state index in [4.69, 9.17) is 4.74 Å². The van der Waals surface area contributed by atoms with Crippen molar-refractivity contribution in [2.24, 2.45) is 11.8 Å². The topological polar surface area (TPSA) is 46.6 Å². The summed E-state index contributed by atoms with van der Waals surface area (Å²) in [6.45, 7) is 43.2. The average molecular weight is 1030 g/mol. The van der Waals surface area contributed by atoms with Crippen LogP contribution in [-0.2, 0) is 14.6 Å². The Morgan fingerprint density at radius 1 is 0.453 bits per heavy atom. The first-order valence-corrected chi connectivity index (χ1v) is 43.1. The molecule has 11 heteroatoms. The van der Waals surface area contributed by atoms with Crippen molar-refractivity contribution in [3.05, 3.63) is 0 Å². The summed E-state index contributed by atoms with van der Waals surface area (Å²) >= 11 is 0. The van der Waals surface area contributed by atoms with E-state index in [0.29, 0.717) is 11.5 Å².